The first kappa shape index (κ1) is 17.4. The second-order valence-corrected chi connectivity index (χ2v) is 6.65. The largest absolute Gasteiger partial charge is 0.377 e. The fourth-order valence-corrected chi connectivity index (χ4v) is 2.90. The maximum absolute atomic E-state index is 13.2. The van der Waals surface area contributed by atoms with Gasteiger partial charge in [0.25, 0.3) is 5.91 Å². The van der Waals surface area contributed by atoms with E-state index in [4.69, 9.17) is 4.74 Å². The Morgan fingerprint density at radius 1 is 1.12 bits per heavy atom. The molecule has 2 aromatic carbocycles. The summed E-state index contributed by atoms with van der Waals surface area (Å²) in [5.41, 5.74) is 1.59. The van der Waals surface area contributed by atoms with Crippen molar-refractivity contribution in [1.82, 2.24) is 0 Å². The van der Waals surface area contributed by atoms with Gasteiger partial charge in [-0.2, -0.15) is 0 Å². The summed E-state index contributed by atoms with van der Waals surface area (Å²) >= 11 is 0. The highest BCUT2D eigenvalue weighted by atomic mass is 19.2. The third-order valence-corrected chi connectivity index (χ3v) is 4.26. The molecule has 6 heteroatoms. The van der Waals surface area contributed by atoms with Crippen LogP contribution in [0, 0.1) is 11.6 Å². The summed E-state index contributed by atoms with van der Waals surface area (Å²) in [5.74, 6) is -2.51. The molecule has 0 unspecified atom stereocenters. The van der Waals surface area contributed by atoms with Crippen LogP contribution in [0.1, 0.15) is 24.2 Å². The Kier molecular flexibility index (Phi) is 4.72. The molecule has 1 heterocycles. The molecular weight excluding hydrogens is 326 g/mol. The van der Waals surface area contributed by atoms with E-state index in [0.29, 0.717) is 18.9 Å². The molecule has 1 aliphatic rings. The zero-order valence-electron chi connectivity index (χ0n) is 14.2. The average Bonchev–Trinajstić information content (AvgIpc) is 2.58. The zero-order chi connectivity index (χ0) is 18.0. The van der Waals surface area contributed by atoms with Crippen molar-refractivity contribution in [1.29, 1.82) is 0 Å². The number of anilines is 2. The van der Waals surface area contributed by atoms with Gasteiger partial charge in [-0.1, -0.05) is 0 Å². The van der Waals surface area contributed by atoms with E-state index in [9.17, 15) is 13.6 Å². The van der Waals surface area contributed by atoms with Crippen molar-refractivity contribution in [2.45, 2.75) is 19.4 Å². The number of hydrogen-bond acceptors (Lipinski definition) is 3. The van der Waals surface area contributed by atoms with Gasteiger partial charge in [0.05, 0.1) is 18.8 Å². The predicted octanol–water partition coefficient (Wildman–Crippen LogP) is 3.83. The van der Waals surface area contributed by atoms with E-state index in [1.54, 1.807) is 12.1 Å². The van der Waals surface area contributed by atoms with Crippen LogP contribution in [-0.2, 0) is 4.74 Å². The van der Waals surface area contributed by atoms with Crippen molar-refractivity contribution in [3.05, 3.63) is 59.7 Å². The number of nitrogens with one attached hydrogen (secondary N) is 1. The van der Waals surface area contributed by atoms with Gasteiger partial charge in [-0.15, -0.1) is 0 Å². The maximum atomic E-state index is 13.2. The number of benzene rings is 2. The molecule has 0 spiro atoms. The Labute approximate surface area is 145 Å². The van der Waals surface area contributed by atoms with Crippen LogP contribution in [0.25, 0.3) is 0 Å². The second-order valence-electron chi connectivity index (χ2n) is 6.65. The molecule has 0 bridgehead atoms. The minimum absolute atomic E-state index is 0.0669. The second kappa shape index (κ2) is 6.80. The number of carbonyl (C=O) groups excluding carboxylic acids is 1. The quantitative estimate of drug-likeness (QED) is 0.918. The van der Waals surface area contributed by atoms with Crippen molar-refractivity contribution in [3.8, 4) is 0 Å². The zero-order valence-corrected chi connectivity index (χ0v) is 14.2. The predicted molar refractivity (Wildman–Crippen MR) is 93.0 cm³/mol. The number of hydrogen-bond donors (Lipinski definition) is 1. The molecular formula is C19H20F2N2O2. The molecule has 4 nitrogen and oxygen atoms in total. The van der Waals surface area contributed by atoms with Gasteiger partial charge in [0.1, 0.15) is 0 Å². The lowest BCUT2D eigenvalue weighted by Gasteiger charge is -2.43. The Balaban J connectivity index is 1.72. The third-order valence-electron chi connectivity index (χ3n) is 4.26. The normalized spacial score (nSPS) is 16.6. The molecule has 0 radical (unpaired) electrons. The van der Waals surface area contributed by atoms with Gasteiger partial charge in [0.15, 0.2) is 11.6 Å². The van der Waals surface area contributed by atoms with Gasteiger partial charge in [0.2, 0.25) is 0 Å². The van der Waals surface area contributed by atoms with E-state index < -0.39 is 17.5 Å². The molecule has 0 saturated carbocycles. The standard InChI is InChI=1S/C19H20F2N2O2/c1-19(2)12-25-10-9-23(19)15-6-4-14(5-7-15)22-18(24)13-3-8-16(20)17(21)11-13/h3-8,11H,9-10,12H2,1-2H3,(H,22,24). The molecule has 3 rings (SSSR count). The first-order valence-corrected chi connectivity index (χ1v) is 8.09. The monoisotopic (exact) mass is 346 g/mol. The summed E-state index contributed by atoms with van der Waals surface area (Å²) in [5, 5.41) is 2.68. The molecule has 1 aliphatic heterocycles. The summed E-state index contributed by atoms with van der Waals surface area (Å²) < 4.78 is 31.7. The van der Waals surface area contributed by atoms with Crippen LogP contribution >= 0.6 is 0 Å². The summed E-state index contributed by atoms with van der Waals surface area (Å²) in [6.07, 6.45) is 0. The number of rotatable bonds is 3. The first-order valence-electron chi connectivity index (χ1n) is 8.09. The number of ether oxygens (including phenoxy) is 1. The molecule has 25 heavy (non-hydrogen) atoms. The van der Waals surface area contributed by atoms with Crippen LogP contribution in [-0.4, -0.2) is 31.2 Å². The summed E-state index contributed by atoms with van der Waals surface area (Å²) in [7, 11) is 0. The maximum Gasteiger partial charge on any atom is 0.255 e. The van der Waals surface area contributed by atoms with Crippen LogP contribution in [0.4, 0.5) is 20.2 Å². The van der Waals surface area contributed by atoms with Gasteiger partial charge in [-0.05, 0) is 56.3 Å². The molecule has 0 aromatic heterocycles. The van der Waals surface area contributed by atoms with E-state index in [-0.39, 0.29) is 11.1 Å². The van der Waals surface area contributed by atoms with Crippen molar-refractivity contribution in [2.24, 2.45) is 0 Å². The summed E-state index contributed by atoms with van der Waals surface area (Å²) in [6, 6.07) is 10.5. The van der Waals surface area contributed by atoms with Crippen molar-refractivity contribution < 1.29 is 18.3 Å². The molecule has 1 saturated heterocycles. The topological polar surface area (TPSA) is 41.6 Å². The number of morpholine rings is 1. The van der Waals surface area contributed by atoms with Crippen molar-refractivity contribution >= 4 is 17.3 Å². The molecule has 1 N–H and O–H groups in total. The number of nitrogens with zero attached hydrogens (tertiary/aromatic N) is 1. The van der Waals surface area contributed by atoms with Gasteiger partial charge in [-0.3, -0.25) is 4.79 Å². The van der Waals surface area contributed by atoms with Gasteiger partial charge >= 0.3 is 0 Å². The Bertz CT molecular complexity index is 775. The van der Waals surface area contributed by atoms with Gasteiger partial charge in [0, 0.05) is 23.5 Å². The van der Waals surface area contributed by atoms with Crippen LogP contribution in [0.3, 0.4) is 0 Å². The highest BCUT2D eigenvalue weighted by molar-refractivity contribution is 6.04. The number of halogens is 2. The number of amides is 1. The van der Waals surface area contributed by atoms with Crippen molar-refractivity contribution in [3.63, 3.8) is 0 Å². The van der Waals surface area contributed by atoms with E-state index >= 15 is 0 Å². The molecule has 1 fully saturated rings. The average molecular weight is 346 g/mol. The molecule has 2 aromatic rings. The minimum Gasteiger partial charge on any atom is -0.377 e. The van der Waals surface area contributed by atoms with Crippen LogP contribution in [0.15, 0.2) is 42.5 Å². The SMILES string of the molecule is CC1(C)COCCN1c1ccc(NC(=O)c2ccc(F)c(F)c2)cc1. The van der Waals surface area contributed by atoms with E-state index in [1.807, 2.05) is 12.1 Å². The van der Waals surface area contributed by atoms with E-state index in [1.165, 1.54) is 6.07 Å². The molecule has 0 atom stereocenters. The number of carbonyl (C=O) groups is 1. The Morgan fingerprint density at radius 3 is 2.48 bits per heavy atom. The molecule has 132 valence electrons. The first-order chi connectivity index (χ1) is 11.9. The smallest absolute Gasteiger partial charge is 0.255 e. The Morgan fingerprint density at radius 2 is 1.84 bits per heavy atom. The highest BCUT2D eigenvalue weighted by Gasteiger charge is 2.30. The fraction of sp³-hybridized carbons (Fsp3) is 0.316. The van der Waals surface area contributed by atoms with Crippen LogP contribution in [0.2, 0.25) is 0 Å². The summed E-state index contributed by atoms with van der Waals surface area (Å²) in [4.78, 5) is 14.4. The fourth-order valence-electron chi connectivity index (χ4n) is 2.90. The van der Waals surface area contributed by atoms with Gasteiger partial charge in [-0.25, -0.2) is 8.78 Å². The van der Waals surface area contributed by atoms with E-state index in [0.717, 1.165) is 24.4 Å². The van der Waals surface area contributed by atoms with Gasteiger partial charge < -0.3 is 15.0 Å². The minimum atomic E-state index is -1.04. The van der Waals surface area contributed by atoms with E-state index in [2.05, 4.69) is 24.1 Å². The lowest BCUT2D eigenvalue weighted by Crippen LogP contribution is -2.53. The lowest BCUT2D eigenvalue weighted by atomic mass is 10.0. The van der Waals surface area contributed by atoms with Crippen LogP contribution < -0.4 is 10.2 Å². The Hall–Kier alpha value is -2.47. The highest BCUT2D eigenvalue weighted by Crippen LogP contribution is 2.28. The van der Waals surface area contributed by atoms with Crippen molar-refractivity contribution in [2.75, 3.05) is 30.0 Å². The molecule has 1 amide bonds. The summed E-state index contributed by atoms with van der Waals surface area (Å²) in [6.45, 7) is 6.36. The molecule has 0 aliphatic carbocycles. The lowest BCUT2D eigenvalue weighted by molar-refractivity contribution is 0.0644. The van der Waals surface area contributed by atoms with Crippen LogP contribution in [0.5, 0.6) is 0 Å². The third kappa shape index (κ3) is 3.79.